The molecule has 0 aliphatic carbocycles. The molecule has 0 spiro atoms. The lowest BCUT2D eigenvalue weighted by Crippen LogP contribution is -2.04. The average Bonchev–Trinajstić information content (AvgIpc) is 2.72. The molecule has 0 aliphatic rings. The van der Waals surface area contributed by atoms with Crippen molar-refractivity contribution in [3.05, 3.63) is 54.0 Å². The highest BCUT2D eigenvalue weighted by Crippen LogP contribution is 2.17. The Morgan fingerprint density at radius 3 is 2.94 bits per heavy atom. The van der Waals surface area contributed by atoms with Gasteiger partial charge in [0.1, 0.15) is 0 Å². The van der Waals surface area contributed by atoms with Gasteiger partial charge in [0, 0.05) is 16.8 Å². The van der Waals surface area contributed by atoms with Crippen molar-refractivity contribution in [1.29, 1.82) is 0 Å². The summed E-state index contributed by atoms with van der Waals surface area (Å²) >= 11 is 0. The number of hydrogen-bond donors (Lipinski definition) is 1. The van der Waals surface area contributed by atoms with E-state index in [1.807, 2.05) is 54.2 Å². The van der Waals surface area contributed by atoms with E-state index in [1.54, 1.807) is 0 Å². The standard InChI is InChI=1S/C14H14N4/c1-10-3-2-4-13(17-10)9-18-14-7-12(15)6-5-11(14)8-16-18/h2-8H,9,15H2,1H3. The van der Waals surface area contributed by atoms with E-state index >= 15 is 0 Å². The van der Waals surface area contributed by atoms with Crippen LogP contribution in [0.2, 0.25) is 0 Å². The molecule has 4 nitrogen and oxygen atoms in total. The van der Waals surface area contributed by atoms with Gasteiger partial charge in [0.25, 0.3) is 0 Å². The Morgan fingerprint density at radius 1 is 1.22 bits per heavy atom. The highest BCUT2D eigenvalue weighted by Gasteiger charge is 2.04. The van der Waals surface area contributed by atoms with Crippen LogP contribution in [0.15, 0.2) is 42.6 Å². The van der Waals surface area contributed by atoms with Crippen LogP contribution in [0, 0.1) is 6.92 Å². The van der Waals surface area contributed by atoms with Crippen LogP contribution < -0.4 is 5.73 Å². The Kier molecular flexibility index (Phi) is 2.48. The first-order valence-corrected chi connectivity index (χ1v) is 5.86. The van der Waals surface area contributed by atoms with Crippen LogP contribution in [-0.2, 0) is 6.54 Å². The molecule has 0 radical (unpaired) electrons. The van der Waals surface area contributed by atoms with E-state index < -0.39 is 0 Å². The first-order valence-electron chi connectivity index (χ1n) is 5.86. The van der Waals surface area contributed by atoms with Crippen molar-refractivity contribution in [1.82, 2.24) is 14.8 Å². The minimum Gasteiger partial charge on any atom is -0.399 e. The summed E-state index contributed by atoms with van der Waals surface area (Å²) in [7, 11) is 0. The first kappa shape index (κ1) is 10.8. The quantitative estimate of drug-likeness (QED) is 0.697. The summed E-state index contributed by atoms with van der Waals surface area (Å²) < 4.78 is 1.92. The van der Waals surface area contributed by atoms with Gasteiger partial charge >= 0.3 is 0 Å². The van der Waals surface area contributed by atoms with Gasteiger partial charge in [0.15, 0.2) is 0 Å². The molecule has 3 aromatic rings. The Hall–Kier alpha value is -2.36. The lowest BCUT2D eigenvalue weighted by molar-refractivity contribution is 0.694. The third kappa shape index (κ3) is 1.93. The summed E-state index contributed by atoms with van der Waals surface area (Å²) in [6.45, 7) is 2.65. The fraction of sp³-hybridized carbons (Fsp3) is 0.143. The van der Waals surface area contributed by atoms with Gasteiger partial charge in [-0.25, -0.2) is 0 Å². The third-order valence-electron chi connectivity index (χ3n) is 2.93. The van der Waals surface area contributed by atoms with E-state index in [0.717, 1.165) is 28.0 Å². The number of nitrogens with zero attached hydrogens (tertiary/aromatic N) is 3. The van der Waals surface area contributed by atoms with Crippen LogP contribution >= 0.6 is 0 Å². The second kappa shape index (κ2) is 4.14. The number of fused-ring (bicyclic) bond motifs is 1. The van der Waals surface area contributed by atoms with E-state index in [-0.39, 0.29) is 0 Å². The number of benzene rings is 1. The van der Waals surface area contributed by atoms with E-state index in [2.05, 4.69) is 10.1 Å². The van der Waals surface area contributed by atoms with Crippen molar-refractivity contribution in [3.63, 3.8) is 0 Å². The van der Waals surface area contributed by atoms with E-state index in [4.69, 9.17) is 5.73 Å². The molecule has 1 aromatic carbocycles. The normalized spacial score (nSPS) is 10.9. The molecule has 4 heteroatoms. The van der Waals surface area contributed by atoms with Crippen LogP contribution in [0.4, 0.5) is 5.69 Å². The number of hydrogen-bond acceptors (Lipinski definition) is 3. The molecule has 0 unspecified atom stereocenters. The maximum absolute atomic E-state index is 5.81. The molecular formula is C14H14N4. The Morgan fingerprint density at radius 2 is 2.11 bits per heavy atom. The molecule has 18 heavy (non-hydrogen) atoms. The Bertz CT molecular complexity index is 700. The van der Waals surface area contributed by atoms with Gasteiger partial charge in [-0.1, -0.05) is 6.07 Å². The number of aromatic nitrogens is 3. The third-order valence-corrected chi connectivity index (χ3v) is 2.93. The molecule has 2 heterocycles. The molecule has 2 aromatic heterocycles. The molecule has 90 valence electrons. The van der Waals surface area contributed by atoms with Crippen LogP contribution in [0.5, 0.6) is 0 Å². The van der Waals surface area contributed by atoms with Gasteiger partial charge in [-0.05, 0) is 37.3 Å². The zero-order chi connectivity index (χ0) is 12.5. The smallest absolute Gasteiger partial charge is 0.0838 e. The molecule has 0 aliphatic heterocycles. The summed E-state index contributed by atoms with van der Waals surface area (Å²) in [6, 6.07) is 11.8. The fourth-order valence-corrected chi connectivity index (χ4v) is 2.05. The molecule has 0 saturated carbocycles. The number of nitrogens with two attached hydrogens (primary N) is 1. The summed E-state index contributed by atoms with van der Waals surface area (Å²) in [4.78, 5) is 4.49. The first-order chi connectivity index (χ1) is 8.72. The van der Waals surface area contributed by atoms with Crippen LogP contribution in [0.3, 0.4) is 0 Å². The molecule has 0 saturated heterocycles. The molecule has 0 fully saturated rings. The van der Waals surface area contributed by atoms with Crippen molar-refractivity contribution in [2.75, 3.05) is 5.73 Å². The van der Waals surface area contributed by atoms with Gasteiger partial charge in [0.2, 0.25) is 0 Å². The minimum absolute atomic E-state index is 0.661. The van der Waals surface area contributed by atoms with Gasteiger partial charge in [0.05, 0.1) is 24.0 Å². The molecule has 2 N–H and O–H groups in total. The van der Waals surface area contributed by atoms with E-state index in [0.29, 0.717) is 6.54 Å². The van der Waals surface area contributed by atoms with E-state index in [9.17, 15) is 0 Å². The highest BCUT2D eigenvalue weighted by atomic mass is 15.3. The molecule has 3 rings (SSSR count). The molecule has 0 bridgehead atoms. The largest absolute Gasteiger partial charge is 0.399 e. The zero-order valence-electron chi connectivity index (χ0n) is 10.2. The van der Waals surface area contributed by atoms with Gasteiger partial charge in [-0.2, -0.15) is 5.10 Å². The summed E-state index contributed by atoms with van der Waals surface area (Å²) in [5, 5.41) is 5.48. The maximum atomic E-state index is 5.81. The lowest BCUT2D eigenvalue weighted by Gasteiger charge is -2.04. The van der Waals surface area contributed by atoms with Gasteiger partial charge < -0.3 is 5.73 Å². The fourth-order valence-electron chi connectivity index (χ4n) is 2.05. The van der Waals surface area contributed by atoms with Gasteiger partial charge in [-0.3, -0.25) is 9.67 Å². The number of rotatable bonds is 2. The predicted molar refractivity (Wildman–Crippen MR) is 72.2 cm³/mol. The Labute approximate surface area is 105 Å². The summed E-state index contributed by atoms with van der Waals surface area (Å²) in [5.74, 6) is 0. The number of pyridine rings is 1. The van der Waals surface area contributed by atoms with Gasteiger partial charge in [-0.15, -0.1) is 0 Å². The second-order valence-electron chi connectivity index (χ2n) is 4.39. The molecular weight excluding hydrogens is 224 g/mol. The average molecular weight is 238 g/mol. The molecule has 0 atom stereocenters. The number of anilines is 1. The van der Waals surface area contributed by atoms with Crippen molar-refractivity contribution in [2.24, 2.45) is 0 Å². The predicted octanol–water partition coefficient (Wildman–Crippen LogP) is 2.37. The highest BCUT2D eigenvalue weighted by molar-refractivity contribution is 5.81. The van der Waals surface area contributed by atoms with Crippen LogP contribution in [0.1, 0.15) is 11.4 Å². The minimum atomic E-state index is 0.661. The maximum Gasteiger partial charge on any atom is 0.0838 e. The SMILES string of the molecule is Cc1cccc(Cn2ncc3ccc(N)cc32)n1. The summed E-state index contributed by atoms with van der Waals surface area (Å²) in [5.41, 5.74) is 9.62. The van der Waals surface area contributed by atoms with Crippen molar-refractivity contribution >= 4 is 16.6 Å². The van der Waals surface area contributed by atoms with Crippen molar-refractivity contribution in [2.45, 2.75) is 13.5 Å². The van der Waals surface area contributed by atoms with E-state index in [1.165, 1.54) is 0 Å². The topological polar surface area (TPSA) is 56.7 Å². The summed E-state index contributed by atoms with van der Waals surface area (Å²) in [6.07, 6.45) is 1.85. The molecule has 0 amide bonds. The van der Waals surface area contributed by atoms with Crippen molar-refractivity contribution < 1.29 is 0 Å². The van der Waals surface area contributed by atoms with Crippen LogP contribution in [0.25, 0.3) is 10.9 Å². The second-order valence-corrected chi connectivity index (χ2v) is 4.39. The van der Waals surface area contributed by atoms with Crippen molar-refractivity contribution in [3.8, 4) is 0 Å². The Balaban J connectivity index is 2.02. The number of nitrogen functional groups attached to an aromatic ring is 1. The van der Waals surface area contributed by atoms with Crippen LogP contribution in [-0.4, -0.2) is 14.8 Å². The zero-order valence-corrected chi connectivity index (χ0v) is 10.2. The lowest BCUT2D eigenvalue weighted by atomic mass is 10.2. The monoisotopic (exact) mass is 238 g/mol. The number of aryl methyl sites for hydroxylation is 1.